The van der Waals surface area contributed by atoms with Gasteiger partial charge in [0.25, 0.3) is 0 Å². The zero-order chi connectivity index (χ0) is 15.0. The number of carboxylic acid groups (broad SMARTS) is 1. The zero-order valence-corrected chi connectivity index (χ0v) is 12.4. The Morgan fingerprint density at radius 1 is 1.30 bits per heavy atom. The van der Waals surface area contributed by atoms with Gasteiger partial charge in [0.1, 0.15) is 0 Å². The molecule has 0 aliphatic heterocycles. The lowest BCUT2D eigenvalue weighted by atomic mass is 9.95. The topological polar surface area (TPSA) is 87.7 Å². The SMILES string of the molecule is CCOC(C)CNC(=O)NC1CCCCCC1C(=O)O. The number of ether oxygens (including phenoxy) is 1. The van der Waals surface area contributed by atoms with Gasteiger partial charge in [-0.05, 0) is 26.7 Å². The van der Waals surface area contributed by atoms with Crippen molar-refractivity contribution in [1.29, 1.82) is 0 Å². The van der Waals surface area contributed by atoms with Gasteiger partial charge in [-0.1, -0.05) is 19.3 Å². The predicted molar refractivity (Wildman–Crippen MR) is 75.6 cm³/mol. The molecule has 1 fully saturated rings. The van der Waals surface area contributed by atoms with Gasteiger partial charge in [0, 0.05) is 19.2 Å². The molecule has 6 nitrogen and oxygen atoms in total. The molecule has 116 valence electrons. The second-order valence-electron chi connectivity index (χ2n) is 5.31. The standard InChI is InChI=1S/C14H26N2O4/c1-3-20-10(2)9-15-14(19)16-12-8-6-4-5-7-11(12)13(17)18/h10-12H,3-9H2,1-2H3,(H,17,18)(H2,15,16,19). The van der Waals surface area contributed by atoms with Crippen molar-refractivity contribution in [3.63, 3.8) is 0 Å². The molecular formula is C14H26N2O4. The smallest absolute Gasteiger partial charge is 0.315 e. The Balaban J connectivity index is 2.42. The first-order valence-corrected chi connectivity index (χ1v) is 7.43. The predicted octanol–water partition coefficient (Wildman–Crippen LogP) is 1.74. The van der Waals surface area contributed by atoms with Crippen LogP contribution in [0.4, 0.5) is 4.79 Å². The summed E-state index contributed by atoms with van der Waals surface area (Å²) < 4.78 is 5.32. The second kappa shape index (κ2) is 8.79. The van der Waals surface area contributed by atoms with E-state index in [0.29, 0.717) is 19.6 Å². The fourth-order valence-electron chi connectivity index (χ4n) is 2.58. The van der Waals surface area contributed by atoms with Gasteiger partial charge in [-0.25, -0.2) is 4.79 Å². The number of carboxylic acids is 1. The van der Waals surface area contributed by atoms with Crippen LogP contribution in [0.1, 0.15) is 46.0 Å². The molecule has 1 aliphatic rings. The molecule has 3 unspecified atom stereocenters. The van der Waals surface area contributed by atoms with Gasteiger partial charge >= 0.3 is 12.0 Å². The van der Waals surface area contributed by atoms with E-state index in [1.165, 1.54) is 0 Å². The van der Waals surface area contributed by atoms with Crippen LogP contribution in [0.25, 0.3) is 0 Å². The molecule has 1 rings (SSSR count). The second-order valence-corrected chi connectivity index (χ2v) is 5.31. The molecule has 0 bridgehead atoms. The van der Waals surface area contributed by atoms with E-state index < -0.39 is 11.9 Å². The molecule has 0 spiro atoms. The van der Waals surface area contributed by atoms with Crippen LogP contribution < -0.4 is 10.6 Å². The Morgan fingerprint density at radius 2 is 2.00 bits per heavy atom. The molecule has 0 heterocycles. The quantitative estimate of drug-likeness (QED) is 0.649. The minimum absolute atomic E-state index is 0.0462. The first kappa shape index (κ1) is 16.8. The number of aliphatic carboxylic acids is 1. The summed E-state index contributed by atoms with van der Waals surface area (Å²) in [6.45, 7) is 4.81. The van der Waals surface area contributed by atoms with E-state index in [1.54, 1.807) is 0 Å². The molecule has 0 saturated heterocycles. The van der Waals surface area contributed by atoms with Crippen molar-refractivity contribution >= 4 is 12.0 Å². The van der Waals surface area contributed by atoms with Gasteiger partial charge in [0.05, 0.1) is 12.0 Å². The summed E-state index contributed by atoms with van der Waals surface area (Å²) in [6.07, 6.45) is 4.23. The number of amides is 2. The van der Waals surface area contributed by atoms with Crippen molar-refractivity contribution < 1.29 is 19.4 Å². The van der Waals surface area contributed by atoms with Gasteiger partial charge in [0.2, 0.25) is 0 Å². The molecule has 20 heavy (non-hydrogen) atoms. The Kier molecular flexibility index (Phi) is 7.36. The number of hydrogen-bond donors (Lipinski definition) is 3. The van der Waals surface area contributed by atoms with Crippen LogP contribution in [-0.2, 0) is 9.53 Å². The fraction of sp³-hybridized carbons (Fsp3) is 0.857. The lowest BCUT2D eigenvalue weighted by molar-refractivity contribution is -0.142. The summed E-state index contributed by atoms with van der Waals surface area (Å²) in [5.74, 6) is -1.30. The maximum atomic E-state index is 11.8. The van der Waals surface area contributed by atoms with Crippen LogP contribution in [0, 0.1) is 5.92 Å². The molecule has 6 heteroatoms. The Hall–Kier alpha value is -1.30. The van der Waals surface area contributed by atoms with Crippen LogP contribution in [0.2, 0.25) is 0 Å². The van der Waals surface area contributed by atoms with Gasteiger partial charge in [-0.2, -0.15) is 0 Å². The molecular weight excluding hydrogens is 260 g/mol. The summed E-state index contributed by atoms with van der Waals surface area (Å²) in [6, 6.07) is -0.591. The fourth-order valence-corrected chi connectivity index (χ4v) is 2.58. The number of carbonyl (C=O) groups is 2. The lowest BCUT2D eigenvalue weighted by Crippen LogP contribution is -2.48. The summed E-state index contributed by atoms with van der Waals surface area (Å²) in [5.41, 5.74) is 0. The Labute approximate surface area is 120 Å². The molecule has 0 aromatic carbocycles. The van der Waals surface area contributed by atoms with Crippen molar-refractivity contribution in [3.05, 3.63) is 0 Å². The lowest BCUT2D eigenvalue weighted by Gasteiger charge is -2.23. The van der Waals surface area contributed by atoms with Crippen LogP contribution in [-0.4, -0.2) is 42.4 Å². The molecule has 1 saturated carbocycles. The first-order chi connectivity index (χ1) is 9.54. The van der Waals surface area contributed by atoms with Crippen molar-refractivity contribution in [2.45, 2.75) is 58.1 Å². The Morgan fingerprint density at radius 3 is 2.65 bits per heavy atom. The molecule has 3 atom stereocenters. The van der Waals surface area contributed by atoms with E-state index in [1.807, 2.05) is 13.8 Å². The maximum Gasteiger partial charge on any atom is 0.315 e. The highest BCUT2D eigenvalue weighted by Gasteiger charge is 2.30. The van der Waals surface area contributed by atoms with Crippen LogP contribution in [0.5, 0.6) is 0 Å². The van der Waals surface area contributed by atoms with E-state index in [4.69, 9.17) is 4.74 Å². The third-order valence-corrected chi connectivity index (χ3v) is 3.65. The van der Waals surface area contributed by atoms with E-state index in [0.717, 1.165) is 25.7 Å². The van der Waals surface area contributed by atoms with Crippen molar-refractivity contribution in [2.24, 2.45) is 5.92 Å². The number of urea groups is 1. The average molecular weight is 286 g/mol. The molecule has 0 aromatic rings. The van der Waals surface area contributed by atoms with Crippen LogP contribution in [0.15, 0.2) is 0 Å². The van der Waals surface area contributed by atoms with Crippen LogP contribution in [0.3, 0.4) is 0 Å². The highest BCUT2D eigenvalue weighted by molar-refractivity contribution is 5.76. The molecule has 1 aliphatic carbocycles. The zero-order valence-electron chi connectivity index (χ0n) is 12.4. The molecule has 0 aromatic heterocycles. The van der Waals surface area contributed by atoms with Crippen LogP contribution >= 0.6 is 0 Å². The summed E-state index contributed by atoms with van der Waals surface area (Å²) in [4.78, 5) is 23.1. The highest BCUT2D eigenvalue weighted by Crippen LogP contribution is 2.23. The van der Waals surface area contributed by atoms with Crippen molar-refractivity contribution in [2.75, 3.05) is 13.2 Å². The number of hydrogen-bond acceptors (Lipinski definition) is 3. The normalized spacial score (nSPS) is 24.5. The Bertz CT molecular complexity index is 322. The maximum absolute atomic E-state index is 11.8. The van der Waals surface area contributed by atoms with Crippen molar-refractivity contribution in [3.8, 4) is 0 Å². The largest absolute Gasteiger partial charge is 0.481 e. The minimum atomic E-state index is -0.820. The summed E-state index contributed by atoms with van der Waals surface area (Å²) in [5, 5.41) is 14.8. The van der Waals surface area contributed by atoms with Crippen molar-refractivity contribution in [1.82, 2.24) is 10.6 Å². The van der Waals surface area contributed by atoms with Gasteiger partial charge < -0.3 is 20.5 Å². The van der Waals surface area contributed by atoms with E-state index in [9.17, 15) is 14.7 Å². The summed E-state index contributed by atoms with van der Waals surface area (Å²) >= 11 is 0. The van der Waals surface area contributed by atoms with Gasteiger partial charge in [0.15, 0.2) is 0 Å². The van der Waals surface area contributed by atoms with Gasteiger partial charge in [-0.3, -0.25) is 4.79 Å². The average Bonchev–Trinajstić information content (AvgIpc) is 2.62. The number of rotatable bonds is 6. The minimum Gasteiger partial charge on any atom is -0.481 e. The highest BCUT2D eigenvalue weighted by atomic mass is 16.5. The monoisotopic (exact) mass is 286 g/mol. The number of carbonyl (C=O) groups excluding carboxylic acids is 1. The third-order valence-electron chi connectivity index (χ3n) is 3.65. The molecule has 3 N–H and O–H groups in total. The summed E-state index contributed by atoms with van der Waals surface area (Å²) in [7, 11) is 0. The van der Waals surface area contributed by atoms with E-state index in [-0.39, 0.29) is 18.2 Å². The van der Waals surface area contributed by atoms with E-state index >= 15 is 0 Å². The van der Waals surface area contributed by atoms with Gasteiger partial charge in [-0.15, -0.1) is 0 Å². The first-order valence-electron chi connectivity index (χ1n) is 7.43. The molecule has 0 radical (unpaired) electrons. The van der Waals surface area contributed by atoms with E-state index in [2.05, 4.69) is 10.6 Å². The number of nitrogens with one attached hydrogen (secondary N) is 2. The molecule has 2 amide bonds. The third kappa shape index (κ3) is 5.77.